The van der Waals surface area contributed by atoms with Gasteiger partial charge in [0.15, 0.2) is 0 Å². The summed E-state index contributed by atoms with van der Waals surface area (Å²) in [5.74, 6) is -0.628. The van der Waals surface area contributed by atoms with E-state index in [1.54, 1.807) is 36.1 Å². The number of hydrogen-bond acceptors (Lipinski definition) is 3. The van der Waals surface area contributed by atoms with Gasteiger partial charge in [0, 0.05) is 18.7 Å². The smallest absolute Gasteiger partial charge is 0.343 e. The molecule has 0 bridgehead atoms. The van der Waals surface area contributed by atoms with Crippen LogP contribution in [-0.2, 0) is 4.79 Å². The molecule has 23 heavy (non-hydrogen) atoms. The standard InChI is InChI=1S/C18H16FNO3/c1-12-4-5-13(19)11-16(12)18(22)23-15-8-6-14(7-9-15)20-10-2-3-17(20)21/h4-9,11H,2-3,10H2,1H3. The number of hydrogen-bond donors (Lipinski definition) is 0. The van der Waals surface area contributed by atoms with Crippen molar-refractivity contribution in [3.05, 3.63) is 59.4 Å². The molecule has 1 amide bonds. The molecule has 0 aliphatic carbocycles. The maximum atomic E-state index is 13.3. The van der Waals surface area contributed by atoms with Gasteiger partial charge < -0.3 is 9.64 Å². The van der Waals surface area contributed by atoms with Crippen molar-refractivity contribution in [2.75, 3.05) is 11.4 Å². The lowest BCUT2D eigenvalue weighted by molar-refractivity contribution is -0.117. The Morgan fingerprint density at radius 3 is 2.57 bits per heavy atom. The number of anilines is 1. The maximum absolute atomic E-state index is 13.3. The predicted molar refractivity (Wildman–Crippen MR) is 84.1 cm³/mol. The van der Waals surface area contributed by atoms with E-state index in [4.69, 9.17) is 4.74 Å². The number of benzene rings is 2. The molecule has 1 fully saturated rings. The van der Waals surface area contributed by atoms with Crippen LogP contribution < -0.4 is 9.64 Å². The lowest BCUT2D eigenvalue weighted by atomic mass is 10.1. The monoisotopic (exact) mass is 313 g/mol. The molecule has 2 aromatic carbocycles. The molecular weight excluding hydrogens is 297 g/mol. The van der Waals surface area contributed by atoms with E-state index < -0.39 is 11.8 Å². The summed E-state index contributed by atoms with van der Waals surface area (Å²) in [5, 5.41) is 0. The molecule has 0 N–H and O–H groups in total. The first-order valence-corrected chi connectivity index (χ1v) is 7.43. The number of nitrogens with zero attached hydrogens (tertiary/aromatic N) is 1. The van der Waals surface area contributed by atoms with Crippen LogP contribution in [0.4, 0.5) is 10.1 Å². The van der Waals surface area contributed by atoms with Crippen LogP contribution in [0.1, 0.15) is 28.8 Å². The third-order valence-electron chi connectivity index (χ3n) is 3.85. The Morgan fingerprint density at radius 2 is 1.91 bits per heavy atom. The van der Waals surface area contributed by atoms with E-state index in [9.17, 15) is 14.0 Å². The highest BCUT2D eigenvalue weighted by atomic mass is 19.1. The van der Waals surface area contributed by atoms with Crippen LogP contribution in [-0.4, -0.2) is 18.4 Å². The summed E-state index contributed by atoms with van der Waals surface area (Å²) in [7, 11) is 0. The lowest BCUT2D eigenvalue weighted by Gasteiger charge is -2.15. The highest BCUT2D eigenvalue weighted by molar-refractivity contribution is 5.95. The Bertz CT molecular complexity index is 755. The van der Waals surface area contributed by atoms with Gasteiger partial charge in [-0.3, -0.25) is 4.79 Å². The maximum Gasteiger partial charge on any atom is 0.343 e. The molecule has 0 spiro atoms. The molecule has 1 aliphatic rings. The molecule has 3 rings (SSSR count). The van der Waals surface area contributed by atoms with Crippen molar-refractivity contribution < 1.29 is 18.7 Å². The summed E-state index contributed by atoms with van der Waals surface area (Å²) in [4.78, 5) is 25.5. The van der Waals surface area contributed by atoms with Gasteiger partial charge in [-0.05, 0) is 55.3 Å². The van der Waals surface area contributed by atoms with Crippen molar-refractivity contribution in [3.63, 3.8) is 0 Å². The average molecular weight is 313 g/mol. The zero-order valence-electron chi connectivity index (χ0n) is 12.7. The number of amides is 1. The number of aryl methyl sites for hydroxylation is 1. The van der Waals surface area contributed by atoms with E-state index in [0.717, 1.165) is 18.2 Å². The summed E-state index contributed by atoms with van der Waals surface area (Å²) < 4.78 is 18.5. The number of carbonyl (C=O) groups excluding carboxylic acids is 2. The molecule has 4 nitrogen and oxygen atoms in total. The second kappa shape index (κ2) is 6.20. The van der Waals surface area contributed by atoms with Gasteiger partial charge in [-0.25, -0.2) is 9.18 Å². The minimum atomic E-state index is -0.605. The van der Waals surface area contributed by atoms with Gasteiger partial charge in [-0.2, -0.15) is 0 Å². The van der Waals surface area contributed by atoms with Crippen molar-refractivity contribution in [1.29, 1.82) is 0 Å². The molecular formula is C18H16FNO3. The minimum absolute atomic E-state index is 0.102. The fourth-order valence-electron chi connectivity index (χ4n) is 2.59. The molecule has 0 atom stereocenters. The summed E-state index contributed by atoms with van der Waals surface area (Å²) in [6.07, 6.45) is 1.42. The first-order chi connectivity index (χ1) is 11.0. The van der Waals surface area contributed by atoms with Crippen molar-refractivity contribution in [3.8, 4) is 5.75 Å². The van der Waals surface area contributed by atoms with Crippen molar-refractivity contribution in [2.24, 2.45) is 0 Å². The van der Waals surface area contributed by atoms with Crippen LogP contribution in [0.25, 0.3) is 0 Å². The number of ether oxygens (including phenoxy) is 1. The molecule has 118 valence electrons. The molecule has 5 heteroatoms. The van der Waals surface area contributed by atoms with Gasteiger partial charge in [0.25, 0.3) is 0 Å². The third kappa shape index (κ3) is 3.23. The van der Waals surface area contributed by atoms with E-state index in [-0.39, 0.29) is 11.5 Å². The highest BCUT2D eigenvalue weighted by Crippen LogP contribution is 2.24. The normalized spacial score (nSPS) is 14.2. The number of halogens is 1. The predicted octanol–water partition coefficient (Wildman–Crippen LogP) is 3.48. The van der Waals surface area contributed by atoms with E-state index in [1.807, 2.05) is 0 Å². The Hall–Kier alpha value is -2.69. The van der Waals surface area contributed by atoms with Gasteiger partial charge in [0.1, 0.15) is 11.6 Å². The van der Waals surface area contributed by atoms with Crippen LogP contribution in [0.5, 0.6) is 5.75 Å². The third-order valence-corrected chi connectivity index (χ3v) is 3.85. The Kier molecular flexibility index (Phi) is 4.10. The molecule has 1 heterocycles. The van der Waals surface area contributed by atoms with E-state index in [0.29, 0.717) is 24.3 Å². The number of rotatable bonds is 3. The molecule has 0 unspecified atom stereocenters. The van der Waals surface area contributed by atoms with Gasteiger partial charge in [-0.1, -0.05) is 6.07 Å². The van der Waals surface area contributed by atoms with Crippen molar-refractivity contribution in [1.82, 2.24) is 0 Å². The van der Waals surface area contributed by atoms with Crippen LogP contribution in [0.3, 0.4) is 0 Å². The molecule has 2 aromatic rings. The van der Waals surface area contributed by atoms with Crippen LogP contribution in [0.2, 0.25) is 0 Å². The molecule has 0 saturated carbocycles. The summed E-state index contributed by atoms with van der Waals surface area (Å²) in [5.41, 5.74) is 1.63. The fourth-order valence-corrected chi connectivity index (χ4v) is 2.59. The summed E-state index contributed by atoms with van der Waals surface area (Å²) in [6, 6.07) is 10.7. The summed E-state index contributed by atoms with van der Waals surface area (Å²) in [6.45, 7) is 2.43. The van der Waals surface area contributed by atoms with Gasteiger partial charge in [-0.15, -0.1) is 0 Å². The molecule has 0 radical (unpaired) electrons. The Balaban J connectivity index is 1.74. The molecule has 0 aromatic heterocycles. The molecule has 1 saturated heterocycles. The van der Waals surface area contributed by atoms with Crippen LogP contribution >= 0.6 is 0 Å². The molecule has 1 aliphatic heterocycles. The second-order valence-corrected chi connectivity index (χ2v) is 5.49. The van der Waals surface area contributed by atoms with E-state index in [1.165, 1.54) is 12.1 Å². The van der Waals surface area contributed by atoms with Gasteiger partial charge in [0.2, 0.25) is 5.91 Å². The van der Waals surface area contributed by atoms with Gasteiger partial charge in [0.05, 0.1) is 5.56 Å². The Morgan fingerprint density at radius 1 is 1.17 bits per heavy atom. The lowest BCUT2D eigenvalue weighted by Crippen LogP contribution is -2.23. The highest BCUT2D eigenvalue weighted by Gasteiger charge is 2.21. The zero-order chi connectivity index (χ0) is 16.4. The first kappa shape index (κ1) is 15.2. The van der Waals surface area contributed by atoms with Crippen LogP contribution in [0.15, 0.2) is 42.5 Å². The fraction of sp³-hybridized carbons (Fsp3) is 0.222. The minimum Gasteiger partial charge on any atom is -0.423 e. The second-order valence-electron chi connectivity index (χ2n) is 5.49. The average Bonchev–Trinajstić information content (AvgIpc) is 2.96. The quantitative estimate of drug-likeness (QED) is 0.644. The van der Waals surface area contributed by atoms with E-state index in [2.05, 4.69) is 0 Å². The van der Waals surface area contributed by atoms with Crippen LogP contribution in [0, 0.1) is 12.7 Å². The largest absolute Gasteiger partial charge is 0.423 e. The van der Waals surface area contributed by atoms with Crippen molar-refractivity contribution >= 4 is 17.6 Å². The van der Waals surface area contributed by atoms with E-state index >= 15 is 0 Å². The number of carbonyl (C=O) groups is 2. The van der Waals surface area contributed by atoms with Crippen molar-refractivity contribution in [2.45, 2.75) is 19.8 Å². The number of esters is 1. The topological polar surface area (TPSA) is 46.6 Å². The SMILES string of the molecule is Cc1ccc(F)cc1C(=O)Oc1ccc(N2CCCC2=O)cc1. The Labute approximate surface area is 133 Å². The van der Waals surface area contributed by atoms with Gasteiger partial charge >= 0.3 is 5.97 Å². The first-order valence-electron chi connectivity index (χ1n) is 7.43. The summed E-state index contributed by atoms with van der Waals surface area (Å²) >= 11 is 0. The zero-order valence-corrected chi connectivity index (χ0v) is 12.7.